The molecule has 0 saturated carbocycles. The Hall–Kier alpha value is -1.56. The second kappa shape index (κ2) is 3.90. The quantitative estimate of drug-likeness (QED) is 0.625. The van der Waals surface area contributed by atoms with E-state index in [1.165, 1.54) is 7.11 Å². The highest BCUT2D eigenvalue weighted by Crippen LogP contribution is 2.20. The van der Waals surface area contributed by atoms with Crippen LogP contribution in [0.3, 0.4) is 0 Å². The fourth-order valence-electron chi connectivity index (χ4n) is 1.72. The molecule has 1 aromatic rings. The SMILES string of the molecule is COC(=O)C1NCCCc2c1o[nH]c2=O. The second-order valence-electron chi connectivity index (χ2n) is 3.39. The lowest BCUT2D eigenvalue weighted by Gasteiger charge is -2.11. The number of fused-ring (bicyclic) bond motifs is 1. The Kier molecular flexibility index (Phi) is 2.59. The number of nitrogens with one attached hydrogen (secondary N) is 2. The standard InChI is InChI=1S/C9H12N2O4/c1-14-9(13)6-7-5(3-2-4-10-6)8(12)11-15-7/h6,10H,2-4H2,1H3,(H,11,12). The summed E-state index contributed by atoms with van der Waals surface area (Å²) in [7, 11) is 1.30. The van der Waals surface area contributed by atoms with Gasteiger partial charge in [-0.2, -0.15) is 5.16 Å². The van der Waals surface area contributed by atoms with Crippen LogP contribution in [0.5, 0.6) is 0 Å². The number of ether oxygens (including phenoxy) is 1. The summed E-state index contributed by atoms with van der Waals surface area (Å²) in [4.78, 5) is 22.8. The number of carbonyl (C=O) groups excluding carboxylic acids is 1. The molecule has 2 rings (SSSR count). The lowest BCUT2D eigenvalue weighted by molar-refractivity contribution is -0.143. The summed E-state index contributed by atoms with van der Waals surface area (Å²) in [5.74, 6) is -0.0924. The van der Waals surface area contributed by atoms with Gasteiger partial charge in [0.2, 0.25) is 0 Å². The monoisotopic (exact) mass is 212 g/mol. The molecule has 0 saturated heterocycles. The van der Waals surface area contributed by atoms with Gasteiger partial charge >= 0.3 is 5.97 Å². The predicted molar refractivity (Wildman–Crippen MR) is 50.4 cm³/mol. The zero-order valence-corrected chi connectivity index (χ0v) is 8.33. The molecule has 82 valence electrons. The molecular formula is C9H12N2O4. The third-order valence-electron chi connectivity index (χ3n) is 2.48. The van der Waals surface area contributed by atoms with E-state index < -0.39 is 12.0 Å². The number of aromatic nitrogens is 1. The Morgan fingerprint density at radius 1 is 1.60 bits per heavy atom. The molecule has 1 aromatic heterocycles. The van der Waals surface area contributed by atoms with E-state index in [0.717, 1.165) is 6.42 Å². The van der Waals surface area contributed by atoms with Gasteiger partial charge in [-0.15, -0.1) is 0 Å². The van der Waals surface area contributed by atoms with Crippen molar-refractivity contribution in [2.45, 2.75) is 18.9 Å². The molecule has 0 radical (unpaired) electrons. The van der Waals surface area contributed by atoms with E-state index in [1.807, 2.05) is 0 Å². The number of rotatable bonds is 1. The first kappa shape index (κ1) is 9.97. The lowest BCUT2D eigenvalue weighted by Crippen LogP contribution is -2.29. The van der Waals surface area contributed by atoms with E-state index in [9.17, 15) is 9.59 Å². The normalized spacial score (nSPS) is 20.5. The Balaban J connectivity index is 2.41. The Morgan fingerprint density at radius 3 is 3.13 bits per heavy atom. The first-order valence-corrected chi connectivity index (χ1v) is 4.75. The van der Waals surface area contributed by atoms with Crippen LogP contribution in [0, 0.1) is 0 Å². The van der Waals surface area contributed by atoms with Gasteiger partial charge in [0.1, 0.15) is 0 Å². The van der Waals surface area contributed by atoms with Crippen LogP contribution in [0.4, 0.5) is 0 Å². The first-order valence-electron chi connectivity index (χ1n) is 4.75. The van der Waals surface area contributed by atoms with Crippen LogP contribution in [-0.4, -0.2) is 24.8 Å². The van der Waals surface area contributed by atoms with Crippen molar-refractivity contribution in [2.75, 3.05) is 13.7 Å². The molecule has 6 nitrogen and oxygen atoms in total. The van der Waals surface area contributed by atoms with Crippen molar-refractivity contribution in [1.29, 1.82) is 0 Å². The zero-order chi connectivity index (χ0) is 10.8. The van der Waals surface area contributed by atoms with Crippen molar-refractivity contribution < 1.29 is 14.1 Å². The molecule has 0 amide bonds. The number of aromatic amines is 1. The number of methoxy groups -OCH3 is 1. The Labute approximate surface area is 85.6 Å². The number of hydrogen-bond donors (Lipinski definition) is 2. The number of hydrogen-bond acceptors (Lipinski definition) is 5. The van der Waals surface area contributed by atoms with Gasteiger partial charge in [0.25, 0.3) is 5.56 Å². The topological polar surface area (TPSA) is 84.3 Å². The largest absolute Gasteiger partial charge is 0.468 e. The smallest absolute Gasteiger partial charge is 0.330 e. The van der Waals surface area contributed by atoms with Crippen molar-refractivity contribution in [2.24, 2.45) is 0 Å². The summed E-state index contributed by atoms with van der Waals surface area (Å²) in [5, 5.41) is 5.21. The molecule has 0 spiro atoms. The maximum Gasteiger partial charge on any atom is 0.330 e. The summed E-state index contributed by atoms with van der Waals surface area (Å²) < 4.78 is 9.64. The van der Waals surface area contributed by atoms with Crippen LogP contribution >= 0.6 is 0 Å². The van der Waals surface area contributed by atoms with E-state index in [4.69, 9.17) is 4.52 Å². The summed E-state index contributed by atoms with van der Waals surface area (Å²) in [6, 6.07) is -0.675. The molecule has 0 fully saturated rings. The van der Waals surface area contributed by atoms with Gasteiger partial charge in [0.15, 0.2) is 11.8 Å². The van der Waals surface area contributed by atoms with Crippen LogP contribution in [0.15, 0.2) is 9.32 Å². The maximum atomic E-state index is 11.4. The van der Waals surface area contributed by atoms with Crippen molar-refractivity contribution >= 4 is 5.97 Å². The minimum absolute atomic E-state index is 0.261. The third-order valence-corrected chi connectivity index (χ3v) is 2.48. The molecule has 1 aliphatic heterocycles. The second-order valence-corrected chi connectivity index (χ2v) is 3.39. The maximum absolute atomic E-state index is 11.4. The van der Waals surface area contributed by atoms with Crippen molar-refractivity contribution in [1.82, 2.24) is 10.5 Å². The molecule has 0 aliphatic carbocycles. The molecule has 0 aromatic carbocycles. The average molecular weight is 212 g/mol. The third kappa shape index (κ3) is 1.68. The summed E-state index contributed by atoms with van der Waals surface area (Å²) in [5.41, 5.74) is 0.276. The van der Waals surface area contributed by atoms with Gasteiger partial charge in [0, 0.05) is 0 Å². The molecule has 2 N–H and O–H groups in total. The molecule has 2 heterocycles. The van der Waals surface area contributed by atoms with Gasteiger partial charge in [0.05, 0.1) is 12.7 Å². The lowest BCUT2D eigenvalue weighted by atomic mass is 10.1. The fraction of sp³-hybridized carbons (Fsp3) is 0.556. The minimum Gasteiger partial charge on any atom is -0.468 e. The fourth-order valence-corrected chi connectivity index (χ4v) is 1.72. The van der Waals surface area contributed by atoms with Crippen LogP contribution in [0.2, 0.25) is 0 Å². The predicted octanol–water partition coefficient (Wildman–Crippen LogP) is -0.282. The van der Waals surface area contributed by atoms with E-state index in [2.05, 4.69) is 15.2 Å². The van der Waals surface area contributed by atoms with E-state index in [1.54, 1.807) is 0 Å². The summed E-state index contributed by atoms with van der Waals surface area (Å²) >= 11 is 0. The zero-order valence-electron chi connectivity index (χ0n) is 8.33. The highest BCUT2D eigenvalue weighted by Gasteiger charge is 2.30. The highest BCUT2D eigenvalue weighted by molar-refractivity contribution is 5.77. The molecule has 1 unspecified atom stereocenters. The molecule has 1 aliphatic rings. The summed E-state index contributed by atoms with van der Waals surface area (Å²) in [6.07, 6.45) is 1.41. The van der Waals surface area contributed by atoms with Crippen LogP contribution < -0.4 is 10.9 Å². The van der Waals surface area contributed by atoms with Gasteiger partial charge in [-0.25, -0.2) is 4.79 Å². The van der Waals surface area contributed by atoms with Gasteiger partial charge < -0.3 is 9.26 Å². The van der Waals surface area contributed by atoms with Crippen molar-refractivity contribution in [3.8, 4) is 0 Å². The Morgan fingerprint density at radius 2 is 2.40 bits per heavy atom. The first-order chi connectivity index (χ1) is 7.24. The highest BCUT2D eigenvalue weighted by atomic mass is 16.5. The Bertz CT molecular complexity index is 420. The van der Waals surface area contributed by atoms with Crippen molar-refractivity contribution in [3.05, 3.63) is 21.7 Å². The van der Waals surface area contributed by atoms with Gasteiger partial charge in [-0.1, -0.05) is 0 Å². The van der Waals surface area contributed by atoms with Crippen molar-refractivity contribution in [3.63, 3.8) is 0 Å². The molecule has 0 bridgehead atoms. The van der Waals surface area contributed by atoms with Gasteiger partial charge in [-0.05, 0) is 19.4 Å². The number of carbonyl (C=O) groups is 1. The minimum atomic E-state index is -0.675. The van der Waals surface area contributed by atoms with Crippen LogP contribution in [0.25, 0.3) is 0 Å². The average Bonchev–Trinajstić information content (AvgIpc) is 2.51. The van der Waals surface area contributed by atoms with E-state index in [-0.39, 0.29) is 5.56 Å². The molecule has 15 heavy (non-hydrogen) atoms. The van der Waals surface area contributed by atoms with Gasteiger partial charge in [-0.3, -0.25) is 10.1 Å². The van der Waals surface area contributed by atoms with Crippen LogP contribution in [-0.2, 0) is 16.0 Å². The molecular weight excluding hydrogens is 200 g/mol. The van der Waals surface area contributed by atoms with Crippen LogP contribution in [0.1, 0.15) is 23.8 Å². The summed E-state index contributed by atoms with van der Waals surface area (Å²) in [6.45, 7) is 0.656. The number of esters is 1. The van der Waals surface area contributed by atoms with E-state index >= 15 is 0 Å². The van der Waals surface area contributed by atoms with E-state index in [0.29, 0.717) is 24.3 Å². The molecule has 6 heteroatoms. The molecule has 1 atom stereocenters. The number of H-pyrrole nitrogens is 1.